The molecule has 0 spiro atoms. The van der Waals surface area contributed by atoms with E-state index in [1.165, 1.54) is 23.5 Å². The molecule has 2 aromatic heterocycles. The Bertz CT molecular complexity index is 1100. The van der Waals surface area contributed by atoms with Gasteiger partial charge in [-0.25, -0.2) is 14.8 Å². The molecule has 2 heterocycles. The number of halogens is 1. The highest BCUT2D eigenvalue weighted by atomic mass is 35.5. The molecule has 0 saturated carbocycles. The highest BCUT2D eigenvalue weighted by Crippen LogP contribution is 2.32. The van der Waals surface area contributed by atoms with Gasteiger partial charge < -0.3 is 15.5 Å². The third kappa shape index (κ3) is 4.72. The van der Waals surface area contributed by atoms with Crippen LogP contribution in [0, 0.1) is 6.92 Å². The molecule has 0 radical (unpaired) electrons. The van der Waals surface area contributed by atoms with Crippen LogP contribution in [0.25, 0.3) is 10.7 Å². The van der Waals surface area contributed by atoms with Crippen LogP contribution in [0.3, 0.4) is 0 Å². The van der Waals surface area contributed by atoms with E-state index in [0.29, 0.717) is 28.1 Å². The van der Waals surface area contributed by atoms with E-state index < -0.39 is 11.9 Å². The van der Waals surface area contributed by atoms with E-state index in [1.54, 1.807) is 12.1 Å². The number of thiophene rings is 1. The predicted octanol–water partition coefficient (Wildman–Crippen LogP) is 4.80. The van der Waals surface area contributed by atoms with E-state index in [-0.39, 0.29) is 17.5 Å². The summed E-state index contributed by atoms with van der Waals surface area (Å²) in [6.07, 6.45) is 0.320. The molecule has 7 nitrogen and oxygen atoms in total. The number of hydrogen-bond acceptors (Lipinski definition) is 6. The molecule has 3 aromatic rings. The fourth-order valence-electron chi connectivity index (χ4n) is 2.97. The van der Waals surface area contributed by atoms with Crippen LogP contribution >= 0.6 is 22.9 Å². The van der Waals surface area contributed by atoms with Crippen molar-refractivity contribution in [2.24, 2.45) is 0 Å². The number of rotatable bonds is 7. The van der Waals surface area contributed by atoms with Gasteiger partial charge in [0.05, 0.1) is 21.2 Å². The maximum Gasteiger partial charge on any atom is 0.336 e. The lowest BCUT2D eigenvalue weighted by Crippen LogP contribution is -2.09. The molecule has 0 unspecified atom stereocenters. The van der Waals surface area contributed by atoms with Gasteiger partial charge in [-0.1, -0.05) is 24.6 Å². The Morgan fingerprint density at radius 3 is 2.52 bits per heavy atom. The number of carboxylic acids is 2. The SMILES string of the molecule is CCc1c(C)nc(-c2ccc(Cl)s2)nc1Nc1ccc(CC(=O)O)c(C(=O)O)c1. The number of aromatic nitrogens is 2. The Morgan fingerprint density at radius 2 is 1.93 bits per heavy atom. The quantitative estimate of drug-likeness (QED) is 0.492. The van der Waals surface area contributed by atoms with Crippen molar-refractivity contribution < 1.29 is 19.8 Å². The van der Waals surface area contributed by atoms with Gasteiger partial charge in [0.2, 0.25) is 0 Å². The van der Waals surface area contributed by atoms with Gasteiger partial charge in [0.1, 0.15) is 5.82 Å². The molecule has 0 atom stereocenters. The fraction of sp³-hybridized carbons (Fsp3) is 0.200. The Kier molecular flexibility index (Phi) is 6.14. The topological polar surface area (TPSA) is 112 Å². The largest absolute Gasteiger partial charge is 0.481 e. The number of carbonyl (C=O) groups is 2. The Hall–Kier alpha value is -2.97. The van der Waals surface area contributed by atoms with Crippen molar-refractivity contribution >= 4 is 46.4 Å². The van der Waals surface area contributed by atoms with Crippen molar-refractivity contribution in [2.45, 2.75) is 26.7 Å². The summed E-state index contributed by atoms with van der Waals surface area (Å²) >= 11 is 7.40. The molecule has 0 aliphatic rings. The molecule has 29 heavy (non-hydrogen) atoms. The standard InChI is InChI=1S/C20H18ClN3O4S/c1-3-13-10(2)22-19(15-6-7-16(21)29-15)24-18(13)23-12-5-4-11(8-17(25)26)14(9-12)20(27)28/h4-7,9H,3,8H2,1-2H3,(H,25,26)(H,27,28)(H,22,23,24). The van der Waals surface area contributed by atoms with Crippen LogP contribution in [-0.2, 0) is 17.6 Å². The van der Waals surface area contributed by atoms with Gasteiger partial charge in [0, 0.05) is 16.9 Å². The number of aliphatic carboxylic acids is 1. The molecule has 0 aliphatic carbocycles. The van der Waals surface area contributed by atoms with Crippen molar-refractivity contribution in [3.8, 4) is 10.7 Å². The summed E-state index contributed by atoms with van der Waals surface area (Å²) in [7, 11) is 0. The number of nitrogens with zero attached hydrogens (tertiary/aromatic N) is 2. The minimum Gasteiger partial charge on any atom is -0.481 e. The van der Waals surface area contributed by atoms with E-state index in [4.69, 9.17) is 16.7 Å². The van der Waals surface area contributed by atoms with Gasteiger partial charge in [0.15, 0.2) is 5.82 Å². The Morgan fingerprint density at radius 1 is 1.17 bits per heavy atom. The first-order valence-electron chi connectivity index (χ1n) is 8.76. The zero-order valence-electron chi connectivity index (χ0n) is 15.7. The van der Waals surface area contributed by atoms with E-state index in [2.05, 4.69) is 15.3 Å². The maximum absolute atomic E-state index is 11.6. The molecule has 0 aliphatic heterocycles. The molecular weight excluding hydrogens is 414 g/mol. The predicted molar refractivity (Wildman–Crippen MR) is 112 cm³/mol. The van der Waals surface area contributed by atoms with Crippen molar-refractivity contribution in [3.63, 3.8) is 0 Å². The van der Waals surface area contributed by atoms with E-state index in [0.717, 1.165) is 16.1 Å². The smallest absolute Gasteiger partial charge is 0.336 e. The van der Waals surface area contributed by atoms with E-state index >= 15 is 0 Å². The van der Waals surface area contributed by atoms with Gasteiger partial charge in [-0.05, 0) is 43.2 Å². The summed E-state index contributed by atoms with van der Waals surface area (Å²) in [6.45, 7) is 3.88. The summed E-state index contributed by atoms with van der Waals surface area (Å²) in [5.41, 5.74) is 2.39. The Labute approximate surface area is 176 Å². The first-order valence-corrected chi connectivity index (χ1v) is 9.96. The van der Waals surface area contributed by atoms with Gasteiger partial charge in [-0.15, -0.1) is 11.3 Å². The lowest BCUT2D eigenvalue weighted by atomic mass is 10.0. The van der Waals surface area contributed by atoms with Gasteiger partial charge >= 0.3 is 11.9 Å². The van der Waals surface area contributed by atoms with Crippen LogP contribution in [0.2, 0.25) is 4.34 Å². The summed E-state index contributed by atoms with van der Waals surface area (Å²) in [4.78, 5) is 32.6. The first kappa shape index (κ1) is 20.8. The average molecular weight is 432 g/mol. The molecule has 1 aromatic carbocycles. The average Bonchev–Trinajstić information content (AvgIpc) is 3.08. The van der Waals surface area contributed by atoms with Crippen LogP contribution in [0.5, 0.6) is 0 Å². The number of hydrogen-bond donors (Lipinski definition) is 3. The molecule has 0 bridgehead atoms. The van der Waals surface area contributed by atoms with Crippen molar-refractivity contribution in [3.05, 3.63) is 57.1 Å². The summed E-state index contributed by atoms with van der Waals surface area (Å²) < 4.78 is 0.635. The van der Waals surface area contributed by atoms with Crippen LogP contribution in [0.15, 0.2) is 30.3 Å². The lowest BCUT2D eigenvalue weighted by molar-refractivity contribution is -0.136. The molecule has 0 saturated heterocycles. The summed E-state index contributed by atoms with van der Waals surface area (Å²) in [5.74, 6) is -1.18. The zero-order chi connectivity index (χ0) is 21.1. The molecule has 9 heteroatoms. The minimum atomic E-state index is -1.19. The molecular formula is C20H18ClN3O4S. The van der Waals surface area contributed by atoms with Gasteiger partial charge in [-0.3, -0.25) is 4.79 Å². The van der Waals surface area contributed by atoms with Crippen molar-refractivity contribution in [2.75, 3.05) is 5.32 Å². The minimum absolute atomic E-state index is 0.0634. The van der Waals surface area contributed by atoms with Crippen molar-refractivity contribution in [1.29, 1.82) is 0 Å². The van der Waals surface area contributed by atoms with Gasteiger partial charge in [0.25, 0.3) is 0 Å². The molecule has 150 valence electrons. The fourth-order valence-corrected chi connectivity index (χ4v) is 3.95. The highest BCUT2D eigenvalue weighted by Gasteiger charge is 2.16. The zero-order valence-corrected chi connectivity index (χ0v) is 17.3. The molecule has 3 rings (SSSR count). The second-order valence-electron chi connectivity index (χ2n) is 6.29. The summed E-state index contributed by atoms with van der Waals surface area (Å²) in [5, 5.41) is 21.6. The number of aromatic carboxylic acids is 1. The number of nitrogens with one attached hydrogen (secondary N) is 1. The molecule has 3 N–H and O–H groups in total. The van der Waals surface area contributed by atoms with E-state index in [9.17, 15) is 14.7 Å². The van der Waals surface area contributed by atoms with Crippen molar-refractivity contribution in [1.82, 2.24) is 9.97 Å². The van der Waals surface area contributed by atoms with Crippen LogP contribution in [-0.4, -0.2) is 32.1 Å². The van der Waals surface area contributed by atoms with Crippen LogP contribution in [0.1, 0.15) is 34.1 Å². The third-order valence-electron chi connectivity index (χ3n) is 4.31. The maximum atomic E-state index is 11.6. The second kappa shape index (κ2) is 8.59. The normalized spacial score (nSPS) is 10.7. The van der Waals surface area contributed by atoms with Crippen LogP contribution in [0.4, 0.5) is 11.5 Å². The van der Waals surface area contributed by atoms with E-state index in [1.807, 2.05) is 19.9 Å². The van der Waals surface area contributed by atoms with Gasteiger partial charge in [-0.2, -0.15) is 0 Å². The third-order valence-corrected chi connectivity index (χ3v) is 5.53. The highest BCUT2D eigenvalue weighted by molar-refractivity contribution is 7.19. The number of aryl methyl sites for hydroxylation is 1. The van der Waals surface area contributed by atoms with Crippen LogP contribution < -0.4 is 5.32 Å². The lowest BCUT2D eigenvalue weighted by Gasteiger charge is -2.15. The molecule has 0 fully saturated rings. The molecule has 0 amide bonds. The first-order chi connectivity index (χ1) is 13.8. The number of anilines is 2. The Balaban J connectivity index is 2.02. The number of benzene rings is 1. The second-order valence-corrected chi connectivity index (χ2v) is 8.00. The summed E-state index contributed by atoms with van der Waals surface area (Å²) in [6, 6.07) is 8.18. The monoisotopic (exact) mass is 431 g/mol. The number of carboxylic acid groups (broad SMARTS) is 2.